The number of rotatable bonds is 9. The third-order valence-electron chi connectivity index (χ3n) is 3.40. The first kappa shape index (κ1) is 20.7. The second-order valence-electron chi connectivity index (χ2n) is 6.55. The number of benzene rings is 1. The number of carbonyl (C=O) groups excluding carboxylic acids is 3. The Balaban J connectivity index is 2.49. The van der Waals surface area contributed by atoms with E-state index in [4.69, 9.17) is 9.47 Å². The van der Waals surface area contributed by atoms with Gasteiger partial charge in [0.2, 0.25) is 0 Å². The van der Waals surface area contributed by atoms with Crippen molar-refractivity contribution in [3.05, 3.63) is 29.8 Å². The summed E-state index contributed by atoms with van der Waals surface area (Å²) in [6.07, 6.45) is 0.0872. The number of carbonyl (C=O) groups is 3. The van der Waals surface area contributed by atoms with Gasteiger partial charge in [-0.2, -0.15) is 0 Å². The molecule has 138 valence electrons. The number of Topliss-reactive ketones (excluding diaryl/α,β-unsaturated/α-hetero) is 1. The molecule has 0 aliphatic carbocycles. The van der Waals surface area contributed by atoms with Gasteiger partial charge in [-0.25, -0.2) is 0 Å². The molecule has 1 rings (SSSR count). The Kier molecular flexibility index (Phi) is 8.11. The lowest BCUT2D eigenvalue weighted by Crippen LogP contribution is -2.45. The first-order valence-corrected chi connectivity index (χ1v) is 8.40. The molecule has 1 aromatic rings. The molecule has 0 aliphatic rings. The van der Waals surface area contributed by atoms with Crippen molar-refractivity contribution in [3.63, 3.8) is 0 Å². The molecule has 0 heterocycles. The summed E-state index contributed by atoms with van der Waals surface area (Å²) in [6.45, 7) is 8.53. The predicted molar refractivity (Wildman–Crippen MR) is 94.3 cm³/mol. The van der Waals surface area contributed by atoms with E-state index in [1.54, 1.807) is 18.2 Å². The van der Waals surface area contributed by atoms with Crippen LogP contribution in [-0.2, 0) is 25.5 Å². The van der Waals surface area contributed by atoms with Crippen LogP contribution >= 0.6 is 0 Å². The normalized spacial score (nSPS) is 12.0. The van der Waals surface area contributed by atoms with Crippen LogP contribution in [0.25, 0.3) is 0 Å². The van der Waals surface area contributed by atoms with Crippen LogP contribution in [0.4, 0.5) is 0 Å². The fraction of sp³-hybridized carbons (Fsp3) is 0.526. The van der Waals surface area contributed by atoms with Crippen molar-refractivity contribution in [3.8, 4) is 5.75 Å². The van der Waals surface area contributed by atoms with Crippen LogP contribution in [0, 0.1) is 5.92 Å². The lowest BCUT2D eigenvalue weighted by atomic mass is 10.0. The monoisotopic (exact) mass is 349 g/mol. The Bertz CT molecular complexity index is 610. The number of hydrogen-bond acceptors (Lipinski definition) is 5. The quantitative estimate of drug-likeness (QED) is 0.692. The first-order chi connectivity index (χ1) is 11.7. The second kappa shape index (κ2) is 9.81. The van der Waals surface area contributed by atoms with Gasteiger partial charge in [0.1, 0.15) is 5.75 Å². The Labute approximate surface area is 148 Å². The molecular weight excluding hydrogens is 322 g/mol. The Morgan fingerprint density at radius 1 is 1.12 bits per heavy atom. The molecule has 6 nitrogen and oxygen atoms in total. The van der Waals surface area contributed by atoms with Crippen molar-refractivity contribution in [2.24, 2.45) is 5.92 Å². The van der Waals surface area contributed by atoms with E-state index in [1.165, 1.54) is 6.92 Å². The van der Waals surface area contributed by atoms with Crippen molar-refractivity contribution in [2.45, 2.75) is 53.2 Å². The first-order valence-electron chi connectivity index (χ1n) is 8.40. The molecule has 0 aromatic heterocycles. The molecule has 25 heavy (non-hydrogen) atoms. The van der Waals surface area contributed by atoms with Gasteiger partial charge >= 0.3 is 5.97 Å². The van der Waals surface area contributed by atoms with E-state index in [0.29, 0.717) is 5.75 Å². The molecule has 0 radical (unpaired) electrons. The van der Waals surface area contributed by atoms with Gasteiger partial charge in [0.25, 0.3) is 5.91 Å². The van der Waals surface area contributed by atoms with Crippen molar-refractivity contribution in [2.75, 3.05) is 6.61 Å². The third-order valence-corrected chi connectivity index (χ3v) is 3.40. The van der Waals surface area contributed by atoms with Gasteiger partial charge in [0.15, 0.2) is 12.4 Å². The van der Waals surface area contributed by atoms with Crippen molar-refractivity contribution < 1.29 is 23.9 Å². The average molecular weight is 349 g/mol. The van der Waals surface area contributed by atoms with Gasteiger partial charge in [-0.05, 0) is 44.4 Å². The molecule has 6 heteroatoms. The van der Waals surface area contributed by atoms with E-state index in [0.717, 1.165) is 5.56 Å². The molecule has 1 atom stereocenters. The Morgan fingerprint density at radius 3 is 2.36 bits per heavy atom. The molecule has 0 bridgehead atoms. The maximum Gasteiger partial charge on any atom is 0.310 e. The van der Waals surface area contributed by atoms with Crippen LogP contribution in [0.3, 0.4) is 0 Å². The van der Waals surface area contributed by atoms with E-state index < -0.39 is 24.5 Å². The summed E-state index contributed by atoms with van der Waals surface area (Å²) in [5, 5.41) is 2.58. The summed E-state index contributed by atoms with van der Waals surface area (Å²) in [7, 11) is 0. The van der Waals surface area contributed by atoms with Crippen LogP contribution in [-0.4, -0.2) is 36.4 Å². The third kappa shape index (κ3) is 7.83. The molecule has 0 saturated carbocycles. The minimum absolute atomic E-state index is 0.0270. The second-order valence-corrected chi connectivity index (χ2v) is 6.55. The van der Waals surface area contributed by atoms with E-state index in [1.807, 2.05) is 33.8 Å². The maximum absolute atomic E-state index is 11.9. The number of hydrogen-bond donors (Lipinski definition) is 1. The molecule has 0 aliphatic heterocycles. The highest BCUT2D eigenvalue weighted by molar-refractivity contribution is 5.88. The topological polar surface area (TPSA) is 81.7 Å². The number of nitrogens with one attached hydrogen (secondary N) is 1. The lowest BCUT2D eigenvalue weighted by molar-refractivity contribution is -0.148. The highest BCUT2D eigenvalue weighted by Gasteiger charge is 2.21. The van der Waals surface area contributed by atoms with Gasteiger partial charge in [-0.1, -0.05) is 26.0 Å². The summed E-state index contributed by atoms with van der Waals surface area (Å²) in [4.78, 5) is 35.2. The summed E-state index contributed by atoms with van der Waals surface area (Å²) in [5.74, 6) is -0.475. The van der Waals surface area contributed by atoms with Crippen LogP contribution in [0.15, 0.2) is 24.3 Å². The zero-order valence-corrected chi connectivity index (χ0v) is 15.5. The molecular formula is C19H27NO5. The number of amides is 1. The van der Waals surface area contributed by atoms with Crippen LogP contribution in [0.5, 0.6) is 5.75 Å². The smallest absolute Gasteiger partial charge is 0.310 e. The molecule has 1 amide bonds. The molecule has 0 fully saturated rings. The lowest BCUT2D eigenvalue weighted by Gasteiger charge is -2.19. The number of esters is 1. The van der Waals surface area contributed by atoms with Crippen molar-refractivity contribution in [1.82, 2.24) is 5.32 Å². The fourth-order valence-electron chi connectivity index (χ4n) is 2.32. The molecule has 0 spiro atoms. The Morgan fingerprint density at radius 2 is 1.80 bits per heavy atom. The van der Waals surface area contributed by atoms with Gasteiger partial charge in [0, 0.05) is 0 Å². The van der Waals surface area contributed by atoms with Gasteiger partial charge in [-0.15, -0.1) is 0 Å². The molecule has 0 saturated heterocycles. The minimum Gasteiger partial charge on any atom is -0.491 e. The Hall–Kier alpha value is -2.37. The van der Waals surface area contributed by atoms with E-state index in [2.05, 4.69) is 5.32 Å². The highest BCUT2D eigenvalue weighted by Crippen LogP contribution is 2.15. The average Bonchev–Trinajstić information content (AvgIpc) is 2.49. The zero-order valence-electron chi connectivity index (χ0n) is 15.5. The van der Waals surface area contributed by atoms with E-state index >= 15 is 0 Å². The van der Waals surface area contributed by atoms with Crippen molar-refractivity contribution in [1.29, 1.82) is 0 Å². The van der Waals surface area contributed by atoms with Gasteiger partial charge < -0.3 is 14.8 Å². The number of ketones is 1. The minimum atomic E-state index is -0.573. The fourth-order valence-corrected chi connectivity index (χ4v) is 2.32. The molecule has 1 N–H and O–H groups in total. The largest absolute Gasteiger partial charge is 0.491 e. The van der Waals surface area contributed by atoms with Gasteiger partial charge in [-0.3, -0.25) is 14.4 Å². The highest BCUT2D eigenvalue weighted by atomic mass is 16.5. The van der Waals surface area contributed by atoms with E-state index in [9.17, 15) is 14.4 Å². The van der Waals surface area contributed by atoms with Gasteiger partial charge in [0.05, 0.1) is 18.6 Å². The van der Waals surface area contributed by atoms with Crippen LogP contribution in [0.2, 0.25) is 0 Å². The summed E-state index contributed by atoms with van der Waals surface area (Å²) in [6, 6.07) is 6.60. The summed E-state index contributed by atoms with van der Waals surface area (Å²) >= 11 is 0. The van der Waals surface area contributed by atoms with E-state index in [-0.39, 0.29) is 24.2 Å². The number of ether oxygens (including phenoxy) is 2. The maximum atomic E-state index is 11.9. The predicted octanol–water partition coefficient (Wildman–Crippen LogP) is 2.29. The summed E-state index contributed by atoms with van der Waals surface area (Å²) < 4.78 is 10.6. The van der Waals surface area contributed by atoms with Crippen molar-refractivity contribution >= 4 is 17.7 Å². The van der Waals surface area contributed by atoms with Crippen LogP contribution < -0.4 is 10.1 Å². The molecule has 1 aromatic carbocycles. The molecule has 1 unspecified atom stereocenters. The zero-order chi connectivity index (χ0) is 19.0. The summed E-state index contributed by atoms with van der Waals surface area (Å²) in [5.41, 5.74) is 0.743. The standard InChI is InChI=1S/C19H27NO5/c1-12(2)19(14(5)21)20-17(22)11-24-18(23)10-15-7-6-8-16(9-15)25-13(3)4/h6-9,12-13,19H,10-11H2,1-5H3,(H,20,22). The van der Waals surface area contributed by atoms with Crippen LogP contribution in [0.1, 0.15) is 40.2 Å². The SMILES string of the molecule is CC(=O)C(NC(=O)COC(=O)Cc1cccc(OC(C)C)c1)C(C)C.